The van der Waals surface area contributed by atoms with Gasteiger partial charge in [0.25, 0.3) is 0 Å². The molecule has 18 heavy (non-hydrogen) atoms. The van der Waals surface area contributed by atoms with Gasteiger partial charge in [0, 0.05) is 37.6 Å². The Morgan fingerprint density at radius 3 is 2.89 bits per heavy atom. The van der Waals surface area contributed by atoms with Crippen LogP contribution in [0.25, 0.3) is 11.1 Å². The van der Waals surface area contributed by atoms with Crippen molar-refractivity contribution in [2.75, 3.05) is 18.0 Å². The fourth-order valence-electron chi connectivity index (χ4n) is 2.75. The summed E-state index contributed by atoms with van der Waals surface area (Å²) in [5, 5.41) is 4.24. The number of fused-ring (bicyclic) bond motifs is 1. The average Bonchev–Trinajstić information content (AvgIpc) is 2.84. The van der Waals surface area contributed by atoms with Crippen LogP contribution in [0.1, 0.15) is 18.9 Å². The van der Waals surface area contributed by atoms with E-state index in [9.17, 15) is 0 Å². The van der Waals surface area contributed by atoms with Crippen molar-refractivity contribution in [3.05, 3.63) is 36.2 Å². The quantitative estimate of drug-likeness (QED) is 0.806. The van der Waals surface area contributed by atoms with E-state index >= 15 is 0 Å². The molecule has 2 heterocycles. The van der Waals surface area contributed by atoms with Crippen molar-refractivity contribution >= 4 is 5.69 Å². The van der Waals surface area contributed by atoms with Crippen LogP contribution in [0.4, 0.5) is 5.69 Å². The minimum atomic E-state index is 1.10. The Morgan fingerprint density at radius 1 is 1.28 bits per heavy atom. The topological polar surface area (TPSA) is 21.1 Å². The summed E-state index contributed by atoms with van der Waals surface area (Å²) in [6.45, 7) is 4.51. The number of rotatable bonds is 2. The molecule has 0 unspecified atom stereocenters. The number of aryl methyl sites for hydroxylation is 2. The van der Waals surface area contributed by atoms with Gasteiger partial charge in [0.15, 0.2) is 0 Å². The van der Waals surface area contributed by atoms with Crippen LogP contribution in [0.5, 0.6) is 0 Å². The summed E-state index contributed by atoms with van der Waals surface area (Å²) < 4.78 is 1.85. The summed E-state index contributed by atoms with van der Waals surface area (Å²) in [4.78, 5) is 2.46. The third-order valence-corrected chi connectivity index (χ3v) is 3.71. The summed E-state index contributed by atoms with van der Waals surface area (Å²) >= 11 is 0. The van der Waals surface area contributed by atoms with Crippen molar-refractivity contribution in [2.45, 2.75) is 19.8 Å². The molecule has 0 radical (unpaired) electrons. The predicted octanol–water partition coefficient (Wildman–Crippen LogP) is 2.86. The molecule has 1 aromatic carbocycles. The van der Waals surface area contributed by atoms with Crippen LogP contribution in [0.15, 0.2) is 30.6 Å². The summed E-state index contributed by atoms with van der Waals surface area (Å²) in [7, 11) is 1.96. The molecule has 0 amide bonds. The van der Waals surface area contributed by atoms with Crippen molar-refractivity contribution in [1.29, 1.82) is 0 Å². The summed E-state index contributed by atoms with van der Waals surface area (Å²) in [5.74, 6) is 0. The van der Waals surface area contributed by atoms with Gasteiger partial charge in [0.05, 0.1) is 6.20 Å². The van der Waals surface area contributed by atoms with Gasteiger partial charge in [-0.2, -0.15) is 5.10 Å². The van der Waals surface area contributed by atoms with Gasteiger partial charge in [0.2, 0.25) is 0 Å². The number of anilines is 1. The van der Waals surface area contributed by atoms with Gasteiger partial charge >= 0.3 is 0 Å². The van der Waals surface area contributed by atoms with Crippen molar-refractivity contribution < 1.29 is 0 Å². The summed E-state index contributed by atoms with van der Waals surface area (Å²) in [6.07, 6.45) is 6.46. The van der Waals surface area contributed by atoms with E-state index in [4.69, 9.17) is 0 Å². The molecule has 0 bridgehead atoms. The molecule has 94 valence electrons. The van der Waals surface area contributed by atoms with Crippen molar-refractivity contribution in [2.24, 2.45) is 7.05 Å². The van der Waals surface area contributed by atoms with Gasteiger partial charge in [-0.15, -0.1) is 0 Å². The molecule has 3 nitrogen and oxygen atoms in total. The zero-order chi connectivity index (χ0) is 12.5. The van der Waals surface area contributed by atoms with Crippen LogP contribution in [0.2, 0.25) is 0 Å². The molecule has 0 saturated carbocycles. The first-order chi connectivity index (χ1) is 8.78. The summed E-state index contributed by atoms with van der Waals surface area (Å²) in [6, 6.07) is 6.80. The van der Waals surface area contributed by atoms with Gasteiger partial charge in [-0.25, -0.2) is 0 Å². The molecule has 0 N–H and O–H groups in total. The Morgan fingerprint density at radius 2 is 2.17 bits per heavy atom. The molecule has 0 saturated heterocycles. The molecule has 3 heteroatoms. The lowest BCUT2D eigenvalue weighted by Crippen LogP contribution is -2.28. The largest absolute Gasteiger partial charge is 0.372 e. The maximum Gasteiger partial charge on any atom is 0.0568 e. The summed E-state index contributed by atoms with van der Waals surface area (Å²) in [5.41, 5.74) is 5.37. The maximum absolute atomic E-state index is 4.24. The lowest BCUT2D eigenvalue weighted by Gasteiger charge is -2.30. The van der Waals surface area contributed by atoms with E-state index in [0.29, 0.717) is 0 Å². The van der Waals surface area contributed by atoms with Crippen molar-refractivity contribution in [3.63, 3.8) is 0 Å². The van der Waals surface area contributed by atoms with Crippen LogP contribution in [0, 0.1) is 0 Å². The SMILES string of the molecule is CCN1CCCc2cc(-c3cnn(C)c3)ccc21. The van der Waals surface area contributed by atoms with Crippen molar-refractivity contribution in [3.8, 4) is 11.1 Å². The van der Waals surface area contributed by atoms with E-state index in [1.807, 2.05) is 17.9 Å². The Kier molecular flexibility index (Phi) is 2.82. The van der Waals surface area contributed by atoms with Crippen LogP contribution < -0.4 is 4.90 Å². The Balaban J connectivity index is 2.00. The zero-order valence-electron chi connectivity index (χ0n) is 11.1. The van der Waals surface area contributed by atoms with Crippen molar-refractivity contribution in [1.82, 2.24) is 9.78 Å². The van der Waals surface area contributed by atoms with Gasteiger partial charge in [0.1, 0.15) is 0 Å². The second-order valence-corrected chi connectivity index (χ2v) is 4.93. The normalized spacial score (nSPS) is 14.7. The molecule has 2 aromatic rings. The molecule has 0 fully saturated rings. The van der Waals surface area contributed by atoms with Gasteiger partial charge < -0.3 is 4.90 Å². The highest BCUT2D eigenvalue weighted by molar-refractivity contribution is 5.68. The average molecular weight is 241 g/mol. The first kappa shape index (κ1) is 11.3. The molecule has 0 spiro atoms. The van der Waals surface area contributed by atoms with Crippen LogP contribution in [0.3, 0.4) is 0 Å². The Bertz CT molecular complexity index is 557. The fourth-order valence-corrected chi connectivity index (χ4v) is 2.75. The highest BCUT2D eigenvalue weighted by Crippen LogP contribution is 2.31. The molecule has 1 aliphatic heterocycles. The lowest BCUT2D eigenvalue weighted by molar-refractivity contribution is 0.708. The lowest BCUT2D eigenvalue weighted by atomic mass is 9.97. The first-order valence-electron chi connectivity index (χ1n) is 6.65. The molecular weight excluding hydrogens is 222 g/mol. The number of hydrogen-bond donors (Lipinski definition) is 0. The molecule has 0 atom stereocenters. The number of nitrogens with zero attached hydrogens (tertiary/aromatic N) is 3. The molecule has 1 aromatic heterocycles. The molecule has 3 rings (SSSR count). The first-order valence-corrected chi connectivity index (χ1v) is 6.65. The van der Waals surface area contributed by atoms with E-state index in [0.717, 1.165) is 6.54 Å². The fraction of sp³-hybridized carbons (Fsp3) is 0.400. The monoisotopic (exact) mass is 241 g/mol. The highest BCUT2D eigenvalue weighted by Gasteiger charge is 2.16. The van der Waals surface area contributed by atoms with Crippen LogP contribution in [-0.4, -0.2) is 22.9 Å². The van der Waals surface area contributed by atoms with Gasteiger partial charge in [-0.3, -0.25) is 4.68 Å². The van der Waals surface area contributed by atoms with E-state index in [2.05, 4.69) is 41.3 Å². The standard InChI is InChI=1S/C15H19N3/c1-3-18-8-4-5-13-9-12(6-7-15(13)18)14-10-16-17(2)11-14/h6-7,9-11H,3-5,8H2,1-2H3. The third kappa shape index (κ3) is 1.90. The van der Waals surface area contributed by atoms with E-state index in [1.54, 1.807) is 0 Å². The minimum absolute atomic E-state index is 1.10. The highest BCUT2D eigenvalue weighted by atomic mass is 15.2. The van der Waals surface area contributed by atoms with E-state index in [1.165, 1.54) is 41.8 Å². The number of aromatic nitrogens is 2. The van der Waals surface area contributed by atoms with Crippen LogP contribution in [-0.2, 0) is 13.5 Å². The number of hydrogen-bond acceptors (Lipinski definition) is 2. The Labute approximate surface area is 108 Å². The molecule has 0 aliphatic carbocycles. The number of benzene rings is 1. The Hall–Kier alpha value is -1.77. The molecular formula is C15H19N3. The minimum Gasteiger partial charge on any atom is -0.372 e. The van der Waals surface area contributed by atoms with E-state index in [-0.39, 0.29) is 0 Å². The third-order valence-electron chi connectivity index (χ3n) is 3.71. The second kappa shape index (κ2) is 4.48. The van der Waals surface area contributed by atoms with Crippen LogP contribution >= 0.6 is 0 Å². The smallest absolute Gasteiger partial charge is 0.0568 e. The van der Waals surface area contributed by atoms with Gasteiger partial charge in [-0.05, 0) is 43.0 Å². The predicted molar refractivity (Wildman–Crippen MR) is 74.9 cm³/mol. The maximum atomic E-state index is 4.24. The molecule has 1 aliphatic rings. The second-order valence-electron chi connectivity index (χ2n) is 4.93. The van der Waals surface area contributed by atoms with Gasteiger partial charge in [-0.1, -0.05) is 6.07 Å². The zero-order valence-corrected chi connectivity index (χ0v) is 11.1. The van der Waals surface area contributed by atoms with E-state index < -0.39 is 0 Å².